The summed E-state index contributed by atoms with van der Waals surface area (Å²) in [6, 6.07) is 7.19. The summed E-state index contributed by atoms with van der Waals surface area (Å²) >= 11 is 9.84. The Labute approximate surface area is 146 Å². The topological polar surface area (TPSA) is 102 Å². The van der Waals surface area contributed by atoms with Crippen molar-refractivity contribution in [3.63, 3.8) is 0 Å². The largest absolute Gasteiger partial charge is 0.357 e. The van der Waals surface area contributed by atoms with Gasteiger partial charge in [-0.15, -0.1) is 0 Å². The molecule has 0 aliphatic heterocycles. The van der Waals surface area contributed by atoms with Gasteiger partial charge in [-0.05, 0) is 42.1 Å². The molecule has 1 aromatic carbocycles. The summed E-state index contributed by atoms with van der Waals surface area (Å²) in [7, 11) is 0. The Morgan fingerprint density at radius 2 is 1.88 bits per heavy atom. The number of aromatic amines is 2. The van der Waals surface area contributed by atoms with E-state index in [1.165, 1.54) is 18.2 Å². The average Bonchev–Trinajstić information content (AvgIpc) is 2.51. The van der Waals surface area contributed by atoms with Gasteiger partial charge in [0.05, 0.1) is 6.42 Å². The van der Waals surface area contributed by atoms with Crippen molar-refractivity contribution in [3.05, 3.63) is 62.5 Å². The van der Waals surface area contributed by atoms with Gasteiger partial charge in [-0.2, -0.15) is 0 Å². The van der Waals surface area contributed by atoms with Crippen LogP contribution in [-0.2, 0) is 17.8 Å². The zero-order valence-electron chi connectivity index (χ0n) is 12.3. The van der Waals surface area contributed by atoms with Gasteiger partial charge in [0.2, 0.25) is 5.91 Å². The molecule has 0 fully saturated rings. The highest BCUT2D eigenvalue weighted by atomic mass is 32.1. The maximum atomic E-state index is 12.8. The molecule has 0 bridgehead atoms. The van der Waals surface area contributed by atoms with Gasteiger partial charge in [-0.3, -0.25) is 25.4 Å². The maximum Gasteiger partial charge on any atom is 0.251 e. The van der Waals surface area contributed by atoms with Crippen molar-refractivity contribution in [2.75, 3.05) is 0 Å². The van der Waals surface area contributed by atoms with Crippen LogP contribution in [0.2, 0.25) is 0 Å². The Balaban J connectivity index is 1.76. The number of hydrogen-bond acceptors (Lipinski definition) is 4. The Morgan fingerprint density at radius 1 is 1.17 bits per heavy atom. The molecule has 1 amide bonds. The minimum absolute atomic E-state index is 0.0683. The van der Waals surface area contributed by atoms with Crippen LogP contribution in [0.5, 0.6) is 0 Å². The summed E-state index contributed by atoms with van der Waals surface area (Å²) < 4.78 is 12.9. The van der Waals surface area contributed by atoms with Crippen molar-refractivity contribution in [1.29, 1.82) is 0 Å². The molecule has 126 valence electrons. The minimum Gasteiger partial charge on any atom is -0.357 e. The molecule has 24 heavy (non-hydrogen) atoms. The lowest BCUT2D eigenvalue weighted by Crippen LogP contribution is -2.47. The highest BCUT2D eigenvalue weighted by Gasteiger charge is 2.05. The third kappa shape index (κ3) is 5.89. The molecule has 1 heterocycles. The molecule has 0 aliphatic rings. The number of H-pyrrole nitrogens is 2. The molecule has 0 spiro atoms. The molecule has 0 radical (unpaired) electrons. The first-order valence-electron chi connectivity index (χ1n) is 6.82. The molecule has 0 unspecified atom stereocenters. The average molecular weight is 367 g/mol. The number of amides is 1. The van der Waals surface area contributed by atoms with E-state index in [0.717, 1.165) is 5.56 Å². The van der Waals surface area contributed by atoms with E-state index in [0.29, 0.717) is 12.2 Å². The van der Waals surface area contributed by atoms with Gasteiger partial charge >= 0.3 is 0 Å². The van der Waals surface area contributed by atoms with E-state index < -0.39 is 5.91 Å². The molecular formula is C14H14FN5O2S2. The van der Waals surface area contributed by atoms with E-state index in [4.69, 9.17) is 24.4 Å². The van der Waals surface area contributed by atoms with Crippen LogP contribution < -0.4 is 21.7 Å². The van der Waals surface area contributed by atoms with Crippen molar-refractivity contribution in [1.82, 2.24) is 26.1 Å². The summed E-state index contributed by atoms with van der Waals surface area (Å²) in [6.07, 6.45) is -0.0683. The van der Waals surface area contributed by atoms with E-state index in [2.05, 4.69) is 26.1 Å². The lowest BCUT2D eigenvalue weighted by Gasteiger charge is -2.11. The van der Waals surface area contributed by atoms with E-state index in [1.54, 1.807) is 12.1 Å². The molecule has 2 aromatic rings. The summed E-state index contributed by atoms with van der Waals surface area (Å²) in [6.45, 7) is 0.378. The molecule has 2 rings (SSSR count). The molecule has 1 aromatic heterocycles. The smallest absolute Gasteiger partial charge is 0.251 e. The van der Waals surface area contributed by atoms with Crippen LogP contribution in [0.15, 0.2) is 35.1 Å². The fraction of sp³-hybridized carbons (Fsp3) is 0.143. The van der Waals surface area contributed by atoms with Gasteiger partial charge in [-0.1, -0.05) is 12.1 Å². The number of carbonyl (C=O) groups excluding carboxylic acids is 1. The van der Waals surface area contributed by atoms with Crippen LogP contribution in [0.25, 0.3) is 0 Å². The summed E-state index contributed by atoms with van der Waals surface area (Å²) in [5.41, 5.74) is 5.77. The number of nitrogens with one attached hydrogen (secondary N) is 5. The van der Waals surface area contributed by atoms with Crippen LogP contribution in [0, 0.1) is 10.6 Å². The van der Waals surface area contributed by atoms with Crippen molar-refractivity contribution >= 4 is 35.5 Å². The predicted octanol–water partition coefficient (Wildman–Crippen LogP) is 0.810. The van der Waals surface area contributed by atoms with E-state index in [1.807, 2.05) is 0 Å². The van der Waals surface area contributed by atoms with Gasteiger partial charge < -0.3 is 10.3 Å². The number of hydrogen-bond donors (Lipinski definition) is 5. The number of halogens is 1. The zero-order valence-corrected chi connectivity index (χ0v) is 13.9. The number of aromatic nitrogens is 2. The van der Waals surface area contributed by atoms with Crippen molar-refractivity contribution in [2.24, 2.45) is 0 Å². The first kappa shape index (κ1) is 17.8. The van der Waals surface area contributed by atoms with Crippen LogP contribution in [0.4, 0.5) is 4.39 Å². The summed E-state index contributed by atoms with van der Waals surface area (Å²) in [4.78, 5) is 28.1. The first-order valence-corrected chi connectivity index (χ1v) is 7.63. The third-order valence-electron chi connectivity index (χ3n) is 2.85. The van der Waals surface area contributed by atoms with Gasteiger partial charge in [-0.25, -0.2) is 4.39 Å². The SMILES string of the molecule is O=C(Cc1cc(=O)[nH]c(=S)[nH]1)NNC(=S)NCc1ccc(F)cc1. The highest BCUT2D eigenvalue weighted by Crippen LogP contribution is 2.01. The Hall–Kier alpha value is -2.59. The number of thiocarbonyl (C=S) groups is 1. The van der Waals surface area contributed by atoms with Crippen LogP contribution >= 0.6 is 24.4 Å². The van der Waals surface area contributed by atoms with Crippen LogP contribution in [-0.4, -0.2) is 21.0 Å². The molecule has 10 heteroatoms. The van der Waals surface area contributed by atoms with Crippen LogP contribution in [0.1, 0.15) is 11.3 Å². The molecular weight excluding hydrogens is 353 g/mol. The van der Waals surface area contributed by atoms with Gasteiger partial charge in [0.1, 0.15) is 5.82 Å². The van der Waals surface area contributed by atoms with E-state index in [-0.39, 0.29) is 27.7 Å². The first-order chi connectivity index (χ1) is 11.4. The molecule has 7 nitrogen and oxygen atoms in total. The molecule has 0 saturated carbocycles. The second-order valence-electron chi connectivity index (χ2n) is 4.77. The summed E-state index contributed by atoms with van der Waals surface area (Å²) in [5.74, 6) is -0.720. The maximum absolute atomic E-state index is 12.8. The predicted molar refractivity (Wildman–Crippen MR) is 93.1 cm³/mol. The lowest BCUT2D eigenvalue weighted by atomic mass is 10.2. The minimum atomic E-state index is -0.405. The normalized spacial score (nSPS) is 10.0. The standard InChI is InChI=1S/C14H14FN5O2S2/c15-9-3-1-8(2-4-9)7-16-13(23)20-19-12(22)6-10-5-11(21)18-14(24)17-10/h1-5H,6-7H2,(H,19,22)(H2,16,20,23)(H2,17,18,21,24). The Kier molecular flexibility index (Phi) is 6.15. The summed E-state index contributed by atoms with van der Waals surface area (Å²) in [5, 5.41) is 3.06. The number of rotatable bonds is 4. The fourth-order valence-corrected chi connectivity index (χ4v) is 2.14. The highest BCUT2D eigenvalue weighted by molar-refractivity contribution is 7.80. The second kappa shape index (κ2) is 8.31. The van der Waals surface area contributed by atoms with Crippen molar-refractivity contribution in [3.8, 4) is 0 Å². The Morgan fingerprint density at radius 3 is 2.54 bits per heavy atom. The van der Waals surface area contributed by atoms with Crippen LogP contribution in [0.3, 0.4) is 0 Å². The molecule has 0 aliphatic carbocycles. The van der Waals surface area contributed by atoms with E-state index >= 15 is 0 Å². The van der Waals surface area contributed by atoms with Crippen molar-refractivity contribution in [2.45, 2.75) is 13.0 Å². The molecule has 0 saturated heterocycles. The zero-order chi connectivity index (χ0) is 17.5. The molecule has 5 N–H and O–H groups in total. The van der Waals surface area contributed by atoms with Crippen molar-refractivity contribution < 1.29 is 9.18 Å². The Bertz CT molecular complexity index is 819. The fourth-order valence-electron chi connectivity index (χ4n) is 1.79. The number of hydrazine groups is 1. The number of benzene rings is 1. The van der Waals surface area contributed by atoms with Gasteiger partial charge in [0.15, 0.2) is 9.88 Å². The quantitative estimate of drug-likeness (QED) is 0.405. The molecule has 0 atom stereocenters. The van der Waals surface area contributed by atoms with E-state index in [9.17, 15) is 14.0 Å². The number of carbonyl (C=O) groups is 1. The van der Waals surface area contributed by atoms with Gasteiger partial charge in [0.25, 0.3) is 5.56 Å². The third-order valence-corrected chi connectivity index (χ3v) is 3.30. The lowest BCUT2D eigenvalue weighted by molar-refractivity contribution is -0.121. The van der Waals surface area contributed by atoms with Gasteiger partial charge in [0, 0.05) is 18.3 Å². The second-order valence-corrected chi connectivity index (χ2v) is 5.59. The monoisotopic (exact) mass is 367 g/mol.